The normalized spacial score (nSPS) is 18.4. The Morgan fingerprint density at radius 3 is 2.71 bits per heavy atom. The van der Waals surface area contributed by atoms with Crippen molar-refractivity contribution < 1.29 is 18.7 Å². The van der Waals surface area contributed by atoms with Crippen molar-refractivity contribution in [1.29, 1.82) is 0 Å². The second-order valence-corrected chi connectivity index (χ2v) is 7.94. The maximum absolute atomic E-state index is 12.9. The smallest absolute Gasteiger partial charge is 0.246 e. The molecule has 0 unspecified atom stereocenters. The number of fused-ring (bicyclic) bond motifs is 1. The molecule has 0 radical (unpaired) electrons. The fourth-order valence-electron chi connectivity index (χ4n) is 4.06. The Balaban J connectivity index is 1.47. The molecule has 6 heteroatoms. The van der Waals surface area contributed by atoms with Crippen LogP contribution in [-0.4, -0.2) is 35.3 Å². The van der Waals surface area contributed by atoms with Crippen LogP contribution in [-0.2, 0) is 4.79 Å². The van der Waals surface area contributed by atoms with Crippen molar-refractivity contribution in [1.82, 2.24) is 4.90 Å². The topological polar surface area (TPSA) is 59.8 Å². The first kappa shape index (κ1) is 18.8. The molecule has 1 aromatic carbocycles. The van der Waals surface area contributed by atoms with E-state index in [1.807, 2.05) is 19.9 Å². The lowest BCUT2D eigenvalue weighted by molar-refractivity contribution is -0.129. The molecule has 0 saturated carbocycles. The average Bonchev–Trinajstić information content (AvgIpc) is 3.18. The summed E-state index contributed by atoms with van der Waals surface area (Å²) in [7, 11) is 0. The van der Waals surface area contributed by atoms with E-state index in [0.29, 0.717) is 54.4 Å². The van der Waals surface area contributed by atoms with Gasteiger partial charge >= 0.3 is 0 Å². The minimum absolute atomic E-state index is 0.0627. The number of furan rings is 1. The molecule has 1 fully saturated rings. The van der Waals surface area contributed by atoms with E-state index in [9.17, 15) is 9.59 Å². The number of hydrogen-bond acceptors (Lipinski definition) is 4. The van der Waals surface area contributed by atoms with Gasteiger partial charge in [-0.1, -0.05) is 11.6 Å². The van der Waals surface area contributed by atoms with Crippen LogP contribution in [0.1, 0.15) is 46.5 Å². The highest BCUT2D eigenvalue weighted by Gasteiger charge is 2.44. The van der Waals surface area contributed by atoms with E-state index in [2.05, 4.69) is 0 Å². The number of amides is 1. The van der Waals surface area contributed by atoms with Gasteiger partial charge in [0, 0.05) is 37.0 Å². The number of hydrogen-bond donors (Lipinski definition) is 0. The minimum Gasteiger partial charge on any atom is -0.486 e. The molecule has 28 heavy (non-hydrogen) atoms. The van der Waals surface area contributed by atoms with Gasteiger partial charge in [0.1, 0.15) is 17.1 Å². The maximum atomic E-state index is 12.9. The van der Waals surface area contributed by atoms with Crippen LogP contribution in [0.15, 0.2) is 35.0 Å². The van der Waals surface area contributed by atoms with Crippen molar-refractivity contribution in [3.05, 3.63) is 58.0 Å². The summed E-state index contributed by atoms with van der Waals surface area (Å²) >= 11 is 6.31. The van der Waals surface area contributed by atoms with Crippen LogP contribution in [0.25, 0.3) is 6.08 Å². The Hall–Kier alpha value is -2.53. The number of rotatable bonds is 2. The molecule has 3 heterocycles. The van der Waals surface area contributed by atoms with Crippen LogP contribution in [0.3, 0.4) is 0 Å². The van der Waals surface area contributed by atoms with Gasteiger partial charge in [0.2, 0.25) is 5.91 Å². The Bertz CT molecular complexity index is 953. The minimum atomic E-state index is -0.543. The predicted octanol–water partition coefficient (Wildman–Crippen LogP) is 4.59. The van der Waals surface area contributed by atoms with Gasteiger partial charge in [-0.05, 0) is 49.2 Å². The lowest BCUT2D eigenvalue weighted by atomic mass is 9.81. The summed E-state index contributed by atoms with van der Waals surface area (Å²) < 4.78 is 11.6. The summed E-state index contributed by atoms with van der Waals surface area (Å²) in [6.07, 6.45) is 6.33. The molecular formula is C22H22ClNO4. The van der Waals surface area contributed by atoms with Crippen molar-refractivity contribution in [2.24, 2.45) is 0 Å². The van der Waals surface area contributed by atoms with Crippen molar-refractivity contribution in [3.63, 3.8) is 0 Å². The quantitative estimate of drug-likeness (QED) is 0.693. The largest absolute Gasteiger partial charge is 0.486 e. The molecule has 146 valence electrons. The van der Waals surface area contributed by atoms with E-state index in [-0.39, 0.29) is 11.7 Å². The molecule has 0 atom stereocenters. The molecule has 5 nitrogen and oxygen atoms in total. The van der Waals surface area contributed by atoms with Crippen molar-refractivity contribution in [2.45, 2.75) is 38.7 Å². The summed E-state index contributed by atoms with van der Waals surface area (Å²) in [5.74, 6) is 1.27. The van der Waals surface area contributed by atoms with Gasteiger partial charge < -0.3 is 14.1 Å². The molecular weight excluding hydrogens is 378 g/mol. The molecule has 0 aliphatic carbocycles. The molecule has 4 rings (SSSR count). The number of piperidine rings is 1. The van der Waals surface area contributed by atoms with Crippen LogP contribution in [0.2, 0.25) is 5.02 Å². The molecule has 0 bridgehead atoms. The monoisotopic (exact) mass is 399 g/mol. The van der Waals surface area contributed by atoms with Crippen LogP contribution in [0.5, 0.6) is 5.75 Å². The number of carbonyl (C=O) groups excluding carboxylic acids is 2. The summed E-state index contributed by atoms with van der Waals surface area (Å²) in [6, 6.07) is 5.43. The van der Waals surface area contributed by atoms with Gasteiger partial charge in [0.25, 0.3) is 0 Å². The van der Waals surface area contributed by atoms with Crippen LogP contribution in [0, 0.1) is 13.8 Å². The summed E-state index contributed by atoms with van der Waals surface area (Å²) in [5, 5.41) is 0.621. The second kappa shape index (κ2) is 7.13. The summed E-state index contributed by atoms with van der Waals surface area (Å²) in [5.41, 5.74) is 1.74. The number of ether oxygens (including phenoxy) is 1. The van der Waals surface area contributed by atoms with Crippen molar-refractivity contribution >= 4 is 29.4 Å². The number of ketones is 1. The van der Waals surface area contributed by atoms with Gasteiger partial charge in [-0.3, -0.25) is 9.59 Å². The molecule has 0 N–H and O–H groups in total. The molecule has 1 amide bonds. The van der Waals surface area contributed by atoms with E-state index in [4.69, 9.17) is 20.8 Å². The number of aryl methyl sites for hydroxylation is 1. The van der Waals surface area contributed by atoms with E-state index in [0.717, 1.165) is 11.1 Å². The first-order valence-corrected chi connectivity index (χ1v) is 9.79. The number of Topliss-reactive ketones (excluding diaryl/α,β-unsaturated/α-hetero) is 1. The van der Waals surface area contributed by atoms with Gasteiger partial charge in [0.05, 0.1) is 18.2 Å². The predicted molar refractivity (Wildman–Crippen MR) is 107 cm³/mol. The Labute approximate surface area is 168 Å². The lowest BCUT2D eigenvalue weighted by Gasteiger charge is -2.44. The standard InChI is InChI=1S/C22H22ClNO4/c1-14-12-18-20(15(2)21(14)23)17(25)13-22(28-18)7-9-24(10-8-22)19(26)6-5-16-4-3-11-27-16/h3-6,11-12H,7-10,13H2,1-2H3/b6-5+. The zero-order valence-corrected chi connectivity index (χ0v) is 16.7. The zero-order chi connectivity index (χ0) is 19.9. The van der Waals surface area contributed by atoms with E-state index in [1.54, 1.807) is 29.4 Å². The SMILES string of the molecule is Cc1cc2c(c(C)c1Cl)C(=O)CC1(CCN(C(=O)/C=C/c3ccco3)CC1)O2. The number of halogens is 1. The molecule has 1 aromatic heterocycles. The highest BCUT2D eigenvalue weighted by Crippen LogP contribution is 2.43. The Kier molecular flexibility index (Phi) is 4.79. The highest BCUT2D eigenvalue weighted by atomic mass is 35.5. The lowest BCUT2D eigenvalue weighted by Crippen LogP contribution is -2.52. The van der Waals surface area contributed by atoms with Crippen molar-refractivity contribution in [2.75, 3.05) is 13.1 Å². The van der Waals surface area contributed by atoms with Gasteiger partial charge in [-0.25, -0.2) is 0 Å². The summed E-state index contributed by atoms with van der Waals surface area (Å²) in [4.78, 5) is 27.1. The average molecular weight is 400 g/mol. The second-order valence-electron chi connectivity index (χ2n) is 7.56. The van der Waals surface area contributed by atoms with Crippen LogP contribution >= 0.6 is 11.6 Å². The third-order valence-corrected chi connectivity index (χ3v) is 6.23. The van der Waals surface area contributed by atoms with Crippen LogP contribution < -0.4 is 4.74 Å². The fourth-order valence-corrected chi connectivity index (χ4v) is 4.21. The van der Waals surface area contributed by atoms with Gasteiger partial charge in [-0.2, -0.15) is 0 Å². The van der Waals surface area contributed by atoms with Crippen molar-refractivity contribution in [3.8, 4) is 5.75 Å². The molecule has 1 saturated heterocycles. The maximum Gasteiger partial charge on any atom is 0.246 e. The summed E-state index contributed by atoms with van der Waals surface area (Å²) in [6.45, 7) is 4.88. The third-order valence-electron chi connectivity index (χ3n) is 5.65. The fraction of sp³-hybridized carbons (Fsp3) is 0.364. The number of nitrogens with zero attached hydrogens (tertiary/aromatic N) is 1. The van der Waals surface area contributed by atoms with E-state index < -0.39 is 5.60 Å². The number of carbonyl (C=O) groups is 2. The van der Waals surface area contributed by atoms with E-state index >= 15 is 0 Å². The molecule has 2 aromatic rings. The zero-order valence-electron chi connectivity index (χ0n) is 16.0. The molecule has 1 spiro atoms. The van der Waals surface area contributed by atoms with Crippen LogP contribution in [0.4, 0.5) is 0 Å². The van der Waals surface area contributed by atoms with E-state index in [1.165, 1.54) is 6.08 Å². The molecule has 2 aliphatic heterocycles. The first-order chi connectivity index (χ1) is 13.4. The Morgan fingerprint density at radius 2 is 2.04 bits per heavy atom. The first-order valence-electron chi connectivity index (χ1n) is 9.41. The third kappa shape index (κ3) is 3.35. The number of benzene rings is 1. The highest BCUT2D eigenvalue weighted by molar-refractivity contribution is 6.32. The number of likely N-dealkylation sites (tertiary alicyclic amines) is 1. The molecule has 2 aliphatic rings. The van der Waals surface area contributed by atoms with Gasteiger partial charge in [0.15, 0.2) is 5.78 Å². The van der Waals surface area contributed by atoms with Gasteiger partial charge in [-0.15, -0.1) is 0 Å². The Morgan fingerprint density at radius 1 is 1.29 bits per heavy atom.